The number of ketones is 1. The van der Waals surface area contributed by atoms with Crippen molar-refractivity contribution in [3.05, 3.63) is 39.9 Å². The average Bonchev–Trinajstić information content (AvgIpc) is 2.36. The zero-order valence-corrected chi connectivity index (χ0v) is 10.7. The molecule has 1 fully saturated rings. The third-order valence-electron chi connectivity index (χ3n) is 3.51. The first-order valence-electron chi connectivity index (χ1n) is 6.52. The second-order valence-electron chi connectivity index (χ2n) is 4.87. The fraction of sp³-hybridized carbons (Fsp3) is 0.500. The van der Waals surface area contributed by atoms with Gasteiger partial charge in [-0.15, -0.1) is 0 Å². The Balaban J connectivity index is 1.78. The van der Waals surface area contributed by atoms with E-state index < -0.39 is 4.92 Å². The van der Waals surface area contributed by atoms with Gasteiger partial charge in [0.1, 0.15) is 6.61 Å². The molecule has 0 heterocycles. The second-order valence-corrected chi connectivity index (χ2v) is 4.87. The summed E-state index contributed by atoms with van der Waals surface area (Å²) < 4.78 is 5.34. The molecule has 1 aliphatic carbocycles. The van der Waals surface area contributed by atoms with Gasteiger partial charge in [-0.3, -0.25) is 14.9 Å². The number of carbonyl (C=O) groups excluding carboxylic acids is 1. The maximum absolute atomic E-state index is 11.8. The molecule has 0 radical (unpaired) electrons. The third-order valence-corrected chi connectivity index (χ3v) is 3.51. The van der Waals surface area contributed by atoms with Crippen molar-refractivity contribution in [3.63, 3.8) is 0 Å². The Morgan fingerprint density at radius 1 is 1.42 bits per heavy atom. The minimum atomic E-state index is -0.506. The summed E-state index contributed by atoms with van der Waals surface area (Å²) in [5, 5.41) is 10.6. The summed E-state index contributed by atoms with van der Waals surface area (Å²) in [6.45, 7) is 0.583. The molecule has 1 aliphatic rings. The lowest BCUT2D eigenvalue weighted by atomic mass is 9.83. The molecular formula is C14H17NO4. The first-order chi connectivity index (χ1) is 9.16. The fourth-order valence-electron chi connectivity index (χ4n) is 2.07. The van der Waals surface area contributed by atoms with E-state index >= 15 is 0 Å². The van der Waals surface area contributed by atoms with E-state index in [0.29, 0.717) is 12.2 Å². The van der Waals surface area contributed by atoms with Crippen molar-refractivity contribution in [1.82, 2.24) is 0 Å². The zero-order chi connectivity index (χ0) is 13.7. The summed E-state index contributed by atoms with van der Waals surface area (Å²) >= 11 is 0. The Labute approximate surface area is 111 Å². The van der Waals surface area contributed by atoms with Gasteiger partial charge in [0.2, 0.25) is 0 Å². The number of ether oxygens (including phenoxy) is 1. The van der Waals surface area contributed by atoms with Gasteiger partial charge in [-0.05, 0) is 12.3 Å². The summed E-state index contributed by atoms with van der Waals surface area (Å²) in [5.41, 5.74) is 0.262. The standard InChI is InChI=1S/C14H17NO4/c16-14(10-19-8-7-11-3-1-4-11)12-5-2-6-13(9-12)15(17)18/h2,5-6,9,11H,1,3-4,7-8,10H2. The Bertz CT molecular complexity index is 468. The highest BCUT2D eigenvalue weighted by molar-refractivity contribution is 5.97. The maximum Gasteiger partial charge on any atom is 0.270 e. The molecule has 0 bridgehead atoms. The SMILES string of the molecule is O=C(COCCC1CCC1)c1cccc([N+](=O)[O-])c1. The summed E-state index contributed by atoms with van der Waals surface area (Å²) in [5.74, 6) is 0.547. The summed E-state index contributed by atoms with van der Waals surface area (Å²) in [7, 11) is 0. The van der Waals surface area contributed by atoms with Crippen LogP contribution >= 0.6 is 0 Å². The molecule has 1 aromatic carbocycles. The molecule has 19 heavy (non-hydrogen) atoms. The predicted molar refractivity (Wildman–Crippen MR) is 70.2 cm³/mol. The molecular weight excluding hydrogens is 246 g/mol. The number of non-ortho nitro benzene ring substituents is 1. The molecule has 0 aliphatic heterocycles. The van der Waals surface area contributed by atoms with Gasteiger partial charge in [0, 0.05) is 24.3 Å². The van der Waals surface area contributed by atoms with Crippen LogP contribution in [0.1, 0.15) is 36.0 Å². The highest BCUT2D eigenvalue weighted by Crippen LogP contribution is 2.29. The number of Topliss-reactive ketones (excluding diaryl/α,β-unsaturated/α-hetero) is 1. The van der Waals surface area contributed by atoms with E-state index in [-0.39, 0.29) is 18.1 Å². The molecule has 0 spiro atoms. The number of nitrogens with zero attached hydrogens (tertiary/aromatic N) is 1. The molecule has 0 atom stereocenters. The van der Waals surface area contributed by atoms with E-state index in [1.165, 1.54) is 37.5 Å². The van der Waals surface area contributed by atoms with Crippen molar-refractivity contribution < 1.29 is 14.5 Å². The molecule has 0 saturated heterocycles. The molecule has 102 valence electrons. The number of benzene rings is 1. The number of carbonyl (C=O) groups is 1. The van der Waals surface area contributed by atoms with Crippen molar-refractivity contribution in [1.29, 1.82) is 0 Å². The lowest BCUT2D eigenvalue weighted by Crippen LogP contribution is -2.16. The second kappa shape index (κ2) is 6.43. The molecule has 0 N–H and O–H groups in total. The number of rotatable bonds is 7. The minimum absolute atomic E-state index is 0.00606. The van der Waals surface area contributed by atoms with E-state index in [1.807, 2.05) is 0 Å². The van der Waals surface area contributed by atoms with Crippen LogP contribution in [0.4, 0.5) is 5.69 Å². The van der Waals surface area contributed by atoms with Crippen LogP contribution in [0, 0.1) is 16.0 Å². The van der Waals surface area contributed by atoms with E-state index in [4.69, 9.17) is 4.74 Å². The van der Waals surface area contributed by atoms with E-state index in [0.717, 1.165) is 12.3 Å². The average molecular weight is 263 g/mol. The van der Waals surface area contributed by atoms with Crippen molar-refractivity contribution in [2.24, 2.45) is 5.92 Å². The van der Waals surface area contributed by atoms with Crippen LogP contribution in [-0.4, -0.2) is 23.9 Å². The Hall–Kier alpha value is -1.75. The molecule has 0 aromatic heterocycles. The third kappa shape index (κ3) is 3.86. The van der Waals surface area contributed by atoms with Gasteiger partial charge in [0.05, 0.1) is 4.92 Å². The van der Waals surface area contributed by atoms with Crippen molar-refractivity contribution in [2.75, 3.05) is 13.2 Å². The Morgan fingerprint density at radius 3 is 2.84 bits per heavy atom. The lowest BCUT2D eigenvalue weighted by Gasteiger charge is -2.24. The molecule has 1 saturated carbocycles. The summed E-state index contributed by atoms with van der Waals surface area (Å²) in [6.07, 6.45) is 4.84. The van der Waals surface area contributed by atoms with E-state index in [2.05, 4.69) is 0 Å². The molecule has 5 heteroatoms. The van der Waals surface area contributed by atoms with Gasteiger partial charge < -0.3 is 4.74 Å². The fourth-order valence-corrected chi connectivity index (χ4v) is 2.07. The molecule has 5 nitrogen and oxygen atoms in total. The maximum atomic E-state index is 11.8. The molecule has 0 unspecified atom stereocenters. The van der Waals surface area contributed by atoms with Crippen LogP contribution in [-0.2, 0) is 4.74 Å². The summed E-state index contributed by atoms with van der Waals surface area (Å²) in [4.78, 5) is 21.9. The molecule has 1 aromatic rings. The van der Waals surface area contributed by atoms with Gasteiger partial charge >= 0.3 is 0 Å². The molecule has 0 amide bonds. The van der Waals surface area contributed by atoms with Crippen LogP contribution in [0.3, 0.4) is 0 Å². The van der Waals surface area contributed by atoms with Gasteiger partial charge in [-0.25, -0.2) is 0 Å². The number of nitro benzene ring substituents is 1. The normalized spacial score (nSPS) is 14.9. The van der Waals surface area contributed by atoms with Crippen LogP contribution in [0.5, 0.6) is 0 Å². The van der Waals surface area contributed by atoms with Crippen molar-refractivity contribution in [3.8, 4) is 0 Å². The summed E-state index contributed by atoms with van der Waals surface area (Å²) in [6, 6.07) is 5.75. The zero-order valence-electron chi connectivity index (χ0n) is 10.7. The highest BCUT2D eigenvalue weighted by atomic mass is 16.6. The highest BCUT2D eigenvalue weighted by Gasteiger charge is 2.17. The first-order valence-corrected chi connectivity index (χ1v) is 6.52. The topological polar surface area (TPSA) is 69.4 Å². The quantitative estimate of drug-likeness (QED) is 0.328. The Morgan fingerprint density at radius 2 is 2.21 bits per heavy atom. The van der Waals surface area contributed by atoms with Gasteiger partial charge in [-0.2, -0.15) is 0 Å². The van der Waals surface area contributed by atoms with Crippen LogP contribution < -0.4 is 0 Å². The van der Waals surface area contributed by atoms with Crippen LogP contribution in [0.15, 0.2) is 24.3 Å². The van der Waals surface area contributed by atoms with E-state index in [1.54, 1.807) is 6.07 Å². The minimum Gasteiger partial charge on any atom is -0.373 e. The largest absolute Gasteiger partial charge is 0.373 e. The first kappa shape index (κ1) is 13.7. The van der Waals surface area contributed by atoms with Crippen molar-refractivity contribution in [2.45, 2.75) is 25.7 Å². The van der Waals surface area contributed by atoms with Gasteiger partial charge in [0.25, 0.3) is 5.69 Å². The smallest absolute Gasteiger partial charge is 0.270 e. The number of hydrogen-bond acceptors (Lipinski definition) is 4. The van der Waals surface area contributed by atoms with Crippen LogP contribution in [0.25, 0.3) is 0 Å². The van der Waals surface area contributed by atoms with E-state index in [9.17, 15) is 14.9 Å². The predicted octanol–water partition coefficient (Wildman–Crippen LogP) is 2.98. The number of hydrogen-bond donors (Lipinski definition) is 0. The lowest BCUT2D eigenvalue weighted by molar-refractivity contribution is -0.384. The van der Waals surface area contributed by atoms with Crippen molar-refractivity contribution >= 4 is 11.5 Å². The van der Waals surface area contributed by atoms with Gasteiger partial charge in [-0.1, -0.05) is 31.4 Å². The Kier molecular flexibility index (Phi) is 4.63. The number of nitro groups is 1. The molecule has 2 rings (SSSR count). The monoisotopic (exact) mass is 263 g/mol. The van der Waals surface area contributed by atoms with Gasteiger partial charge in [0.15, 0.2) is 5.78 Å². The van der Waals surface area contributed by atoms with Crippen LogP contribution in [0.2, 0.25) is 0 Å².